The van der Waals surface area contributed by atoms with Crippen molar-refractivity contribution in [3.05, 3.63) is 36.5 Å². The highest BCUT2D eigenvalue weighted by Crippen LogP contribution is 2.43. The van der Waals surface area contributed by atoms with E-state index in [0.29, 0.717) is 23.9 Å². The molecule has 76 heavy (non-hydrogen) atoms. The lowest BCUT2D eigenvalue weighted by Gasteiger charge is -2.27. The number of carbonyl (C=O) groups excluding carboxylic acids is 2. The molecule has 2 N–H and O–H groups in total. The van der Waals surface area contributed by atoms with E-state index in [1.807, 2.05) is 33.3 Å². The van der Waals surface area contributed by atoms with Crippen LogP contribution in [0.25, 0.3) is 0 Å². The fourth-order valence-corrected chi connectivity index (χ4v) is 10.4. The summed E-state index contributed by atoms with van der Waals surface area (Å²) in [4.78, 5) is 37.8. The predicted octanol–water partition coefficient (Wildman–Crippen LogP) is 20.3. The summed E-state index contributed by atoms with van der Waals surface area (Å²) in [5.74, 6) is -0.502. The Labute approximate surface area is 472 Å². The summed E-state index contributed by atoms with van der Waals surface area (Å²) in [6.45, 7) is 7.04. The molecular formula is C66H128N2O7P+. The largest absolute Gasteiger partial charge is 0.472 e. The zero-order valence-corrected chi connectivity index (χ0v) is 52.2. The van der Waals surface area contributed by atoms with E-state index in [0.717, 1.165) is 77.0 Å². The van der Waals surface area contributed by atoms with E-state index in [1.54, 1.807) is 0 Å². The Hall–Kier alpha value is -1.77. The van der Waals surface area contributed by atoms with Gasteiger partial charge in [-0.1, -0.05) is 263 Å². The van der Waals surface area contributed by atoms with E-state index in [1.165, 1.54) is 212 Å². The zero-order chi connectivity index (χ0) is 55.7. The van der Waals surface area contributed by atoms with Gasteiger partial charge in [-0.25, -0.2) is 4.57 Å². The Morgan fingerprint density at radius 2 is 0.763 bits per heavy atom. The molecule has 9 nitrogen and oxygen atoms in total. The van der Waals surface area contributed by atoms with Crippen LogP contribution in [0.5, 0.6) is 0 Å². The smallest absolute Gasteiger partial charge is 0.456 e. The van der Waals surface area contributed by atoms with Crippen molar-refractivity contribution in [1.29, 1.82) is 0 Å². The fourth-order valence-electron chi connectivity index (χ4n) is 9.70. The molecule has 1 amide bonds. The van der Waals surface area contributed by atoms with Crippen molar-refractivity contribution in [3.63, 3.8) is 0 Å². The van der Waals surface area contributed by atoms with Gasteiger partial charge in [0, 0.05) is 12.8 Å². The van der Waals surface area contributed by atoms with Gasteiger partial charge in [-0.15, -0.1) is 0 Å². The van der Waals surface area contributed by atoms with Gasteiger partial charge in [0.25, 0.3) is 0 Å². The van der Waals surface area contributed by atoms with Crippen molar-refractivity contribution in [1.82, 2.24) is 5.32 Å². The third kappa shape index (κ3) is 56.9. The minimum Gasteiger partial charge on any atom is -0.456 e. The standard InChI is InChI=1S/C66H127N2O7P/c1-7-10-13-16-19-22-25-28-30-32-33-34-35-36-38-41-44-47-50-53-56-59-66(70)75-64(57-54-51-48-45-42-39-27-24-21-18-15-12-9-3)63(62-74-76(71,72)73-61-60-68(4,5)6)67-65(69)58-55-52-49-46-43-40-37-31-29-26-23-20-17-14-11-8-2/h28,30-31,37,54,57,63-64H,7-27,29,32-36,38-53,55-56,58-62H2,1-6H3,(H-,67,69,71,72)/p+1/b30-28+,37-31+,57-54+. The number of nitrogens with zero attached hydrogens (tertiary/aromatic N) is 1. The van der Waals surface area contributed by atoms with Gasteiger partial charge in [-0.2, -0.15) is 0 Å². The number of allylic oxidation sites excluding steroid dienone is 5. The molecule has 0 spiro atoms. The third-order valence-corrected chi connectivity index (χ3v) is 15.8. The highest BCUT2D eigenvalue weighted by Gasteiger charge is 2.30. The highest BCUT2D eigenvalue weighted by atomic mass is 31.2. The quantitative estimate of drug-likeness (QED) is 0.0205. The lowest BCUT2D eigenvalue weighted by Crippen LogP contribution is -2.47. The predicted molar refractivity (Wildman–Crippen MR) is 328 cm³/mol. The molecule has 0 aliphatic heterocycles. The summed E-state index contributed by atoms with van der Waals surface area (Å²) < 4.78 is 30.8. The number of phosphoric ester groups is 1. The maximum absolute atomic E-state index is 13.6. The second-order valence-corrected chi connectivity index (χ2v) is 25.1. The number of quaternary nitrogens is 1. The van der Waals surface area contributed by atoms with E-state index in [2.05, 4.69) is 50.4 Å². The van der Waals surface area contributed by atoms with Gasteiger partial charge in [-0.3, -0.25) is 18.6 Å². The van der Waals surface area contributed by atoms with Gasteiger partial charge in [0.05, 0.1) is 33.8 Å². The summed E-state index contributed by atoms with van der Waals surface area (Å²) in [6.07, 6.45) is 68.5. The second-order valence-electron chi connectivity index (χ2n) is 23.6. The van der Waals surface area contributed by atoms with Crippen molar-refractivity contribution in [2.24, 2.45) is 0 Å². The molecule has 0 bridgehead atoms. The van der Waals surface area contributed by atoms with Gasteiger partial charge in [0.15, 0.2) is 0 Å². The third-order valence-electron chi connectivity index (χ3n) is 14.8. The SMILES string of the molecule is CCCCCCCC/C=C/CCCCCCCCCCCCCC(=O)OC(/C=C/CCCCCCCCCCCCC)C(COP(=O)(O)OCC[N+](C)(C)C)NC(=O)CCCCCCC/C=C/CCCCCCCCC. The first kappa shape index (κ1) is 74.2. The van der Waals surface area contributed by atoms with Crippen LogP contribution in [0, 0.1) is 0 Å². The van der Waals surface area contributed by atoms with E-state index >= 15 is 0 Å². The first-order valence-electron chi connectivity index (χ1n) is 32.8. The Balaban J connectivity index is 5.20. The maximum Gasteiger partial charge on any atom is 0.472 e. The molecule has 0 heterocycles. The second kappa shape index (κ2) is 56.5. The van der Waals surface area contributed by atoms with Crippen LogP contribution in [0.4, 0.5) is 0 Å². The molecule has 0 rings (SSSR count). The normalized spacial score (nSPS) is 13.8. The van der Waals surface area contributed by atoms with Crippen molar-refractivity contribution < 1.29 is 37.3 Å². The summed E-state index contributed by atoms with van der Waals surface area (Å²) in [5, 5.41) is 3.06. The number of esters is 1. The first-order chi connectivity index (χ1) is 36.9. The Morgan fingerprint density at radius 1 is 0.447 bits per heavy atom. The molecule has 0 aromatic carbocycles. The van der Waals surface area contributed by atoms with Crippen LogP contribution in [0.15, 0.2) is 36.5 Å². The van der Waals surface area contributed by atoms with Crippen LogP contribution >= 0.6 is 7.82 Å². The van der Waals surface area contributed by atoms with E-state index < -0.39 is 20.0 Å². The topological polar surface area (TPSA) is 111 Å². The van der Waals surface area contributed by atoms with Gasteiger partial charge in [0.2, 0.25) is 5.91 Å². The van der Waals surface area contributed by atoms with Crippen molar-refractivity contribution in [2.45, 2.75) is 335 Å². The first-order valence-corrected chi connectivity index (χ1v) is 34.3. The Bertz CT molecular complexity index is 1400. The molecule has 0 saturated heterocycles. The number of phosphoric acid groups is 1. The van der Waals surface area contributed by atoms with E-state index in [4.69, 9.17) is 13.8 Å². The molecule has 0 aliphatic rings. The number of hydrogen-bond donors (Lipinski definition) is 2. The minimum atomic E-state index is -4.45. The van der Waals surface area contributed by atoms with Crippen LogP contribution in [0.3, 0.4) is 0 Å². The highest BCUT2D eigenvalue weighted by molar-refractivity contribution is 7.47. The molecule has 3 unspecified atom stereocenters. The molecule has 0 fully saturated rings. The van der Waals surface area contributed by atoms with Crippen LogP contribution in [-0.2, 0) is 27.9 Å². The average Bonchev–Trinajstić information content (AvgIpc) is 3.38. The molecule has 0 aliphatic carbocycles. The monoisotopic (exact) mass is 1090 g/mol. The number of hydrogen-bond acceptors (Lipinski definition) is 6. The van der Waals surface area contributed by atoms with Gasteiger partial charge >= 0.3 is 13.8 Å². The number of likely N-dealkylation sites (N-methyl/N-ethyl adjacent to an activating group) is 1. The lowest BCUT2D eigenvalue weighted by molar-refractivity contribution is -0.870. The number of ether oxygens (including phenoxy) is 1. The number of nitrogens with one attached hydrogen (secondary N) is 1. The lowest BCUT2D eigenvalue weighted by atomic mass is 10.0. The summed E-state index contributed by atoms with van der Waals surface area (Å²) in [6, 6.07) is -0.850. The molecule has 3 atom stereocenters. The molecule has 448 valence electrons. The van der Waals surface area contributed by atoms with Gasteiger partial charge in [0.1, 0.15) is 19.3 Å². The van der Waals surface area contributed by atoms with Crippen LogP contribution in [0.1, 0.15) is 323 Å². The van der Waals surface area contributed by atoms with Crippen molar-refractivity contribution in [2.75, 3.05) is 40.9 Å². The molecule has 10 heteroatoms. The molecule has 0 aromatic rings. The Morgan fingerprint density at radius 3 is 1.12 bits per heavy atom. The minimum absolute atomic E-state index is 0.0405. The number of carbonyl (C=O) groups is 2. The van der Waals surface area contributed by atoms with Gasteiger partial charge in [-0.05, 0) is 83.1 Å². The van der Waals surface area contributed by atoms with Crippen LogP contribution in [-0.4, -0.2) is 74.3 Å². The summed E-state index contributed by atoms with van der Waals surface area (Å²) in [7, 11) is 1.50. The van der Waals surface area contributed by atoms with E-state index in [9.17, 15) is 19.0 Å². The zero-order valence-electron chi connectivity index (χ0n) is 51.3. The Kier molecular flexibility index (Phi) is 55.2. The number of amides is 1. The summed E-state index contributed by atoms with van der Waals surface area (Å²) >= 11 is 0. The van der Waals surface area contributed by atoms with Crippen LogP contribution < -0.4 is 5.32 Å². The molecule has 0 radical (unpaired) electrons. The maximum atomic E-state index is 13.6. The fraction of sp³-hybridized carbons (Fsp3) is 0.879. The van der Waals surface area contributed by atoms with Crippen molar-refractivity contribution in [3.8, 4) is 0 Å². The number of rotatable bonds is 60. The molecule has 0 saturated carbocycles. The molecular weight excluding hydrogens is 964 g/mol. The molecule has 0 aromatic heterocycles. The van der Waals surface area contributed by atoms with Crippen molar-refractivity contribution >= 4 is 19.7 Å². The van der Waals surface area contributed by atoms with E-state index in [-0.39, 0.29) is 25.1 Å². The van der Waals surface area contributed by atoms with Gasteiger partial charge < -0.3 is 19.4 Å². The number of unbranched alkanes of at least 4 members (excludes halogenated alkanes) is 40. The van der Waals surface area contributed by atoms with Crippen LogP contribution in [0.2, 0.25) is 0 Å². The average molecular weight is 1090 g/mol. The summed E-state index contributed by atoms with van der Waals surface area (Å²) in [5.41, 5.74) is 0.